The van der Waals surface area contributed by atoms with Crippen LogP contribution in [-0.4, -0.2) is 28.1 Å². The van der Waals surface area contributed by atoms with E-state index in [1.807, 2.05) is 6.26 Å². The maximum atomic E-state index is 11.8. The average molecular weight is 366 g/mol. The highest BCUT2D eigenvalue weighted by atomic mass is 35.5. The molecule has 0 aliphatic carbocycles. The second kappa shape index (κ2) is 7.51. The third kappa shape index (κ3) is 4.82. The molecule has 0 spiro atoms. The van der Waals surface area contributed by atoms with Gasteiger partial charge in [-0.05, 0) is 24.5 Å². The predicted molar refractivity (Wildman–Crippen MR) is 87.5 cm³/mol. The van der Waals surface area contributed by atoms with Gasteiger partial charge in [-0.2, -0.15) is 0 Å². The van der Waals surface area contributed by atoms with Crippen LogP contribution in [0.5, 0.6) is 0 Å². The summed E-state index contributed by atoms with van der Waals surface area (Å²) in [7, 11) is 0. The Morgan fingerprint density at radius 1 is 1.25 bits per heavy atom. The van der Waals surface area contributed by atoms with Gasteiger partial charge in [0.1, 0.15) is 0 Å². The molecule has 2 rings (SSSR count). The number of anilines is 1. The number of thioether (sulfide) groups is 2. The van der Waals surface area contributed by atoms with Gasteiger partial charge in [-0.1, -0.05) is 58.1 Å². The van der Waals surface area contributed by atoms with Gasteiger partial charge in [-0.3, -0.25) is 4.79 Å². The maximum absolute atomic E-state index is 11.8. The van der Waals surface area contributed by atoms with Crippen LogP contribution in [0.4, 0.5) is 5.69 Å². The second-order valence-corrected chi connectivity index (χ2v) is 7.66. The molecule has 0 bridgehead atoms. The lowest BCUT2D eigenvalue weighted by molar-refractivity contribution is -0.113. The van der Waals surface area contributed by atoms with E-state index in [1.54, 1.807) is 18.2 Å². The molecule has 106 valence electrons. The molecule has 4 nitrogen and oxygen atoms in total. The van der Waals surface area contributed by atoms with Gasteiger partial charge in [0.2, 0.25) is 5.91 Å². The first-order chi connectivity index (χ1) is 9.56. The average Bonchev–Trinajstić information content (AvgIpc) is 2.83. The minimum absolute atomic E-state index is 0.144. The molecule has 1 aromatic heterocycles. The number of carbonyl (C=O) groups excluding carboxylic acids is 1. The van der Waals surface area contributed by atoms with Gasteiger partial charge in [0.05, 0.1) is 5.75 Å². The maximum Gasteiger partial charge on any atom is 0.234 e. The van der Waals surface area contributed by atoms with E-state index in [0.717, 1.165) is 8.68 Å². The molecule has 1 heterocycles. The summed E-state index contributed by atoms with van der Waals surface area (Å²) in [6.45, 7) is 0. The Bertz CT molecular complexity index is 600. The van der Waals surface area contributed by atoms with Crippen molar-refractivity contribution >= 4 is 69.7 Å². The van der Waals surface area contributed by atoms with Crippen LogP contribution in [0.3, 0.4) is 0 Å². The Morgan fingerprint density at radius 2 is 1.90 bits per heavy atom. The lowest BCUT2D eigenvalue weighted by Crippen LogP contribution is -2.13. The number of amides is 1. The molecule has 2 aromatic rings. The van der Waals surface area contributed by atoms with E-state index in [0.29, 0.717) is 15.7 Å². The minimum atomic E-state index is -0.144. The fourth-order valence-corrected chi connectivity index (χ4v) is 4.05. The normalized spacial score (nSPS) is 10.6. The molecule has 0 saturated carbocycles. The van der Waals surface area contributed by atoms with Crippen LogP contribution >= 0.6 is 58.1 Å². The van der Waals surface area contributed by atoms with E-state index in [9.17, 15) is 4.79 Å². The number of halogens is 2. The van der Waals surface area contributed by atoms with E-state index in [4.69, 9.17) is 23.2 Å². The Kier molecular flexibility index (Phi) is 5.98. The molecule has 0 unspecified atom stereocenters. The number of rotatable bonds is 5. The molecule has 0 aliphatic heterocycles. The third-order valence-electron chi connectivity index (χ3n) is 2.04. The van der Waals surface area contributed by atoms with Gasteiger partial charge in [0.25, 0.3) is 0 Å². The van der Waals surface area contributed by atoms with Crippen molar-refractivity contribution in [1.29, 1.82) is 0 Å². The molecular formula is C11H9Cl2N3OS3. The molecule has 0 aliphatic rings. The van der Waals surface area contributed by atoms with Crippen molar-refractivity contribution in [3.05, 3.63) is 28.2 Å². The number of hydrogen-bond donors (Lipinski definition) is 1. The zero-order valence-electron chi connectivity index (χ0n) is 10.2. The Balaban J connectivity index is 1.89. The first-order valence-corrected chi connectivity index (χ1v) is 9.11. The van der Waals surface area contributed by atoms with Gasteiger partial charge < -0.3 is 5.32 Å². The fourth-order valence-electron chi connectivity index (χ4n) is 1.29. The molecular weight excluding hydrogens is 357 g/mol. The quantitative estimate of drug-likeness (QED) is 0.800. The van der Waals surface area contributed by atoms with Gasteiger partial charge >= 0.3 is 0 Å². The summed E-state index contributed by atoms with van der Waals surface area (Å²) in [6.07, 6.45) is 1.94. The Hall–Kier alpha value is -0.470. The monoisotopic (exact) mass is 365 g/mol. The summed E-state index contributed by atoms with van der Waals surface area (Å²) in [5.41, 5.74) is 0.579. The molecule has 9 heteroatoms. The van der Waals surface area contributed by atoms with Gasteiger partial charge in [0, 0.05) is 15.7 Å². The van der Waals surface area contributed by atoms with Crippen molar-refractivity contribution in [2.45, 2.75) is 8.68 Å². The number of carbonyl (C=O) groups is 1. The first-order valence-electron chi connectivity index (χ1n) is 5.33. The molecule has 0 fully saturated rings. The fraction of sp³-hybridized carbons (Fsp3) is 0.182. The summed E-state index contributed by atoms with van der Waals surface area (Å²) in [6, 6.07) is 4.90. The van der Waals surface area contributed by atoms with Crippen LogP contribution in [0.2, 0.25) is 10.0 Å². The van der Waals surface area contributed by atoms with E-state index >= 15 is 0 Å². The molecule has 0 saturated heterocycles. The standard InChI is InChI=1S/C11H9Cl2N3OS3/c1-18-10-15-16-11(20-10)19-5-9(17)14-8-3-6(12)2-7(13)4-8/h2-4H,5H2,1H3,(H,14,17). The van der Waals surface area contributed by atoms with Gasteiger partial charge in [0.15, 0.2) is 8.68 Å². The third-order valence-corrected chi connectivity index (χ3v) is 5.50. The predicted octanol–water partition coefficient (Wildman–Crippen LogP) is 4.30. The topological polar surface area (TPSA) is 54.9 Å². The summed E-state index contributed by atoms with van der Waals surface area (Å²) in [5.74, 6) is 0.113. The Morgan fingerprint density at radius 3 is 2.50 bits per heavy atom. The number of hydrogen-bond acceptors (Lipinski definition) is 6. The molecule has 0 radical (unpaired) electrons. The zero-order valence-corrected chi connectivity index (χ0v) is 14.2. The first kappa shape index (κ1) is 15.9. The number of nitrogens with one attached hydrogen (secondary N) is 1. The summed E-state index contributed by atoms with van der Waals surface area (Å²) in [5, 5.41) is 11.6. The summed E-state index contributed by atoms with van der Waals surface area (Å²) >= 11 is 16.1. The minimum Gasteiger partial charge on any atom is -0.325 e. The highest BCUT2D eigenvalue weighted by Crippen LogP contribution is 2.27. The SMILES string of the molecule is CSc1nnc(SCC(=O)Nc2cc(Cl)cc(Cl)c2)s1. The molecule has 1 N–H and O–H groups in total. The number of benzene rings is 1. The van der Waals surface area contributed by atoms with Crippen LogP contribution < -0.4 is 5.32 Å². The van der Waals surface area contributed by atoms with Crippen molar-refractivity contribution in [1.82, 2.24) is 10.2 Å². The van der Waals surface area contributed by atoms with Crippen LogP contribution in [0.1, 0.15) is 0 Å². The largest absolute Gasteiger partial charge is 0.325 e. The second-order valence-electron chi connectivity index (χ2n) is 3.53. The summed E-state index contributed by atoms with van der Waals surface area (Å²) < 4.78 is 1.66. The molecule has 20 heavy (non-hydrogen) atoms. The zero-order chi connectivity index (χ0) is 14.5. The summed E-state index contributed by atoms with van der Waals surface area (Å²) in [4.78, 5) is 11.8. The highest BCUT2D eigenvalue weighted by Gasteiger charge is 2.08. The molecule has 1 aromatic carbocycles. The smallest absolute Gasteiger partial charge is 0.234 e. The van der Waals surface area contributed by atoms with Crippen LogP contribution in [0, 0.1) is 0 Å². The van der Waals surface area contributed by atoms with Gasteiger partial charge in [-0.15, -0.1) is 10.2 Å². The molecule has 1 amide bonds. The van der Waals surface area contributed by atoms with E-state index in [2.05, 4.69) is 15.5 Å². The van der Waals surface area contributed by atoms with Crippen LogP contribution in [0.25, 0.3) is 0 Å². The van der Waals surface area contributed by atoms with Gasteiger partial charge in [-0.25, -0.2) is 0 Å². The van der Waals surface area contributed by atoms with E-state index in [-0.39, 0.29) is 11.7 Å². The lowest BCUT2D eigenvalue weighted by Gasteiger charge is -2.05. The Labute approximate surface area is 138 Å². The van der Waals surface area contributed by atoms with Crippen molar-refractivity contribution in [2.75, 3.05) is 17.3 Å². The lowest BCUT2D eigenvalue weighted by atomic mass is 10.3. The highest BCUT2D eigenvalue weighted by molar-refractivity contribution is 8.03. The number of nitrogens with zero attached hydrogens (tertiary/aromatic N) is 2. The van der Waals surface area contributed by atoms with Crippen molar-refractivity contribution in [3.63, 3.8) is 0 Å². The van der Waals surface area contributed by atoms with E-state index < -0.39 is 0 Å². The van der Waals surface area contributed by atoms with Crippen LogP contribution in [0.15, 0.2) is 26.9 Å². The van der Waals surface area contributed by atoms with Crippen molar-refractivity contribution in [2.24, 2.45) is 0 Å². The van der Waals surface area contributed by atoms with Crippen molar-refractivity contribution < 1.29 is 4.79 Å². The molecule has 0 atom stereocenters. The van der Waals surface area contributed by atoms with Crippen molar-refractivity contribution in [3.8, 4) is 0 Å². The number of aromatic nitrogens is 2. The van der Waals surface area contributed by atoms with E-state index in [1.165, 1.54) is 34.9 Å². The van der Waals surface area contributed by atoms with Crippen LogP contribution in [-0.2, 0) is 4.79 Å².